The van der Waals surface area contributed by atoms with Crippen molar-refractivity contribution >= 4 is 36.2 Å². The number of benzene rings is 2. The fourth-order valence-corrected chi connectivity index (χ4v) is 4.35. The van der Waals surface area contributed by atoms with Gasteiger partial charge in [0.05, 0.1) is 7.11 Å². The number of rotatable bonds is 11. The summed E-state index contributed by atoms with van der Waals surface area (Å²) in [4.78, 5) is 42.0. The molecule has 8 nitrogen and oxygen atoms in total. The first-order chi connectivity index (χ1) is 17.9. The van der Waals surface area contributed by atoms with Gasteiger partial charge in [-0.15, -0.1) is 0 Å². The summed E-state index contributed by atoms with van der Waals surface area (Å²) < 4.78 is 10.6. The lowest BCUT2D eigenvalue weighted by molar-refractivity contribution is -0.140. The fraction of sp³-hybridized carbons (Fsp3) is 0.483. The quantitative estimate of drug-likeness (QED) is 0.328. The highest BCUT2D eigenvalue weighted by Gasteiger charge is 2.37. The van der Waals surface area contributed by atoms with Gasteiger partial charge in [-0.1, -0.05) is 31.5 Å². The van der Waals surface area contributed by atoms with Crippen LogP contribution in [0.1, 0.15) is 63.3 Å². The SMILES string of the molecule is CCCCN(C(=O)C(CS)NC(=O)OC(C)(C)C)C(C(=O)Nc1ccc(OC)cc1)c1c(C)cccc1C. The highest BCUT2D eigenvalue weighted by atomic mass is 32.1. The third-order valence-corrected chi connectivity index (χ3v) is 6.31. The molecule has 2 aromatic rings. The number of unbranched alkanes of at least 4 members (excludes halogenated alkanes) is 1. The molecule has 2 aromatic carbocycles. The van der Waals surface area contributed by atoms with E-state index in [0.29, 0.717) is 24.4 Å². The second-order valence-corrected chi connectivity index (χ2v) is 10.6. The summed E-state index contributed by atoms with van der Waals surface area (Å²) >= 11 is 4.34. The number of nitrogens with one attached hydrogen (secondary N) is 2. The van der Waals surface area contributed by atoms with E-state index >= 15 is 0 Å². The predicted octanol–water partition coefficient (Wildman–Crippen LogP) is 5.44. The standard InChI is InChI=1S/C29H41N3O5S/c1-8-9-17-32(27(34)23(18-38)31-28(35)37-29(4,5)6)25(24-19(2)11-10-12-20(24)3)26(33)30-21-13-15-22(36-7)16-14-21/h10-16,23,25,38H,8-9,17-18H2,1-7H3,(H,30,33)(H,31,35). The zero-order valence-corrected chi connectivity index (χ0v) is 24.4. The Morgan fingerprint density at radius 3 is 2.13 bits per heavy atom. The van der Waals surface area contributed by atoms with E-state index in [1.54, 1.807) is 57.0 Å². The van der Waals surface area contributed by atoms with Gasteiger partial charge in [0.1, 0.15) is 23.4 Å². The Balaban J connectivity index is 2.52. The van der Waals surface area contributed by atoms with Gasteiger partial charge in [0.2, 0.25) is 5.91 Å². The molecule has 0 heterocycles. The van der Waals surface area contributed by atoms with E-state index in [1.165, 1.54) is 0 Å². The van der Waals surface area contributed by atoms with Crippen LogP contribution in [-0.2, 0) is 14.3 Å². The largest absolute Gasteiger partial charge is 0.497 e. The zero-order chi connectivity index (χ0) is 28.5. The molecule has 0 aliphatic heterocycles. The minimum absolute atomic E-state index is 0.0419. The molecule has 0 radical (unpaired) electrons. The van der Waals surface area contributed by atoms with Gasteiger partial charge in [-0.25, -0.2) is 4.79 Å². The lowest BCUT2D eigenvalue weighted by atomic mass is 9.93. The Labute approximate surface area is 231 Å². The highest BCUT2D eigenvalue weighted by molar-refractivity contribution is 7.80. The van der Waals surface area contributed by atoms with Crippen molar-refractivity contribution in [2.75, 3.05) is 24.7 Å². The van der Waals surface area contributed by atoms with E-state index < -0.39 is 29.7 Å². The summed E-state index contributed by atoms with van der Waals surface area (Å²) in [7, 11) is 1.57. The molecule has 0 aromatic heterocycles. The van der Waals surface area contributed by atoms with Crippen LogP contribution in [0.2, 0.25) is 0 Å². The summed E-state index contributed by atoms with van der Waals surface area (Å²) in [5, 5.41) is 5.61. The maximum Gasteiger partial charge on any atom is 0.408 e. The number of anilines is 1. The molecule has 0 aliphatic rings. The molecule has 208 valence electrons. The van der Waals surface area contributed by atoms with Crippen molar-refractivity contribution in [1.82, 2.24) is 10.2 Å². The van der Waals surface area contributed by atoms with Crippen molar-refractivity contribution in [2.24, 2.45) is 0 Å². The zero-order valence-electron chi connectivity index (χ0n) is 23.5. The fourth-order valence-electron chi connectivity index (χ4n) is 4.10. The van der Waals surface area contributed by atoms with Crippen molar-refractivity contribution in [3.8, 4) is 5.75 Å². The molecule has 0 fully saturated rings. The van der Waals surface area contributed by atoms with Crippen LogP contribution in [0.3, 0.4) is 0 Å². The number of hydrogen-bond acceptors (Lipinski definition) is 6. The number of alkyl carbamates (subject to hydrolysis) is 1. The van der Waals surface area contributed by atoms with Crippen LogP contribution < -0.4 is 15.4 Å². The minimum atomic E-state index is -0.981. The predicted molar refractivity (Wildman–Crippen MR) is 154 cm³/mol. The van der Waals surface area contributed by atoms with Crippen LogP contribution in [0.5, 0.6) is 5.75 Å². The number of methoxy groups -OCH3 is 1. The lowest BCUT2D eigenvalue weighted by Crippen LogP contribution is -2.53. The first-order valence-electron chi connectivity index (χ1n) is 12.8. The van der Waals surface area contributed by atoms with Gasteiger partial charge in [0, 0.05) is 18.0 Å². The summed E-state index contributed by atoms with van der Waals surface area (Å²) in [6.07, 6.45) is 0.773. The second kappa shape index (κ2) is 14.1. The van der Waals surface area contributed by atoms with Gasteiger partial charge in [0.25, 0.3) is 5.91 Å². The van der Waals surface area contributed by atoms with E-state index in [0.717, 1.165) is 23.1 Å². The van der Waals surface area contributed by atoms with Crippen LogP contribution in [0.4, 0.5) is 10.5 Å². The Morgan fingerprint density at radius 1 is 1.03 bits per heavy atom. The van der Waals surface area contributed by atoms with Gasteiger partial charge in [-0.3, -0.25) is 9.59 Å². The molecule has 0 saturated heterocycles. The van der Waals surface area contributed by atoms with Crippen LogP contribution in [-0.4, -0.2) is 53.9 Å². The molecule has 0 spiro atoms. The number of aryl methyl sites for hydroxylation is 2. The molecule has 0 aliphatic carbocycles. The number of thiol groups is 1. The van der Waals surface area contributed by atoms with Crippen molar-refractivity contribution in [1.29, 1.82) is 0 Å². The number of carbonyl (C=O) groups excluding carboxylic acids is 3. The second-order valence-electron chi connectivity index (χ2n) is 10.2. The van der Waals surface area contributed by atoms with E-state index in [4.69, 9.17) is 9.47 Å². The van der Waals surface area contributed by atoms with E-state index in [-0.39, 0.29) is 11.7 Å². The Bertz CT molecular complexity index is 1080. The number of ether oxygens (including phenoxy) is 2. The average Bonchev–Trinajstić information content (AvgIpc) is 2.85. The molecule has 38 heavy (non-hydrogen) atoms. The maximum absolute atomic E-state index is 14.0. The smallest absolute Gasteiger partial charge is 0.408 e. The van der Waals surface area contributed by atoms with Crippen molar-refractivity contribution in [3.05, 3.63) is 59.2 Å². The molecule has 3 amide bonds. The Hall–Kier alpha value is -3.20. The lowest BCUT2D eigenvalue weighted by Gasteiger charge is -2.35. The summed E-state index contributed by atoms with van der Waals surface area (Å²) in [6, 6.07) is 10.9. The molecule has 2 N–H and O–H groups in total. The minimum Gasteiger partial charge on any atom is -0.497 e. The van der Waals surface area contributed by atoms with Crippen LogP contribution >= 0.6 is 12.6 Å². The van der Waals surface area contributed by atoms with Gasteiger partial charge in [-0.05, 0) is 82.0 Å². The monoisotopic (exact) mass is 543 g/mol. The third kappa shape index (κ3) is 8.68. The number of nitrogens with zero attached hydrogens (tertiary/aromatic N) is 1. The van der Waals surface area contributed by atoms with Gasteiger partial charge < -0.3 is 25.0 Å². The van der Waals surface area contributed by atoms with E-state index in [2.05, 4.69) is 23.3 Å². The van der Waals surface area contributed by atoms with Gasteiger partial charge >= 0.3 is 6.09 Å². The number of hydrogen-bond donors (Lipinski definition) is 3. The molecule has 2 atom stereocenters. The molecule has 9 heteroatoms. The molecule has 0 bridgehead atoms. The van der Waals surface area contributed by atoms with Crippen molar-refractivity contribution in [2.45, 2.75) is 72.1 Å². The summed E-state index contributed by atoms with van der Waals surface area (Å²) in [5.74, 6) is -0.0526. The van der Waals surface area contributed by atoms with E-state index in [9.17, 15) is 14.4 Å². The number of amides is 3. The molecular weight excluding hydrogens is 502 g/mol. The summed E-state index contributed by atoms with van der Waals surface area (Å²) in [6.45, 7) is 11.4. The van der Waals surface area contributed by atoms with Crippen LogP contribution in [0, 0.1) is 13.8 Å². The van der Waals surface area contributed by atoms with Crippen molar-refractivity contribution in [3.63, 3.8) is 0 Å². The average molecular weight is 544 g/mol. The third-order valence-electron chi connectivity index (χ3n) is 5.94. The van der Waals surface area contributed by atoms with Crippen molar-refractivity contribution < 1.29 is 23.9 Å². The first-order valence-corrected chi connectivity index (χ1v) is 13.5. The topological polar surface area (TPSA) is 97.0 Å². The first kappa shape index (κ1) is 31.0. The molecule has 2 rings (SSSR count). The van der Waals surface area contributed by atoms with Gasteiger partial charge in [0.15, 0.2) is 0 Å². The van der Waals surface area contributed by atoms with Crippen LogP contribution in [0.25, 0.3) is 0 Å². The maximum atomic E-state index is 14.0. The number of carbonyl (C=O) groups is 3. The summed E-state index contributed by atoms with van der Waals surface area (Å²) in [5.41, 5.74) is 2.37. The van der Waals surface area contributed by atoms with Gasteiger partial charge in [-0.2, -0.15) is 12.6 Å². The molecule has 2 unspecified atom stereocenters. The molecular formula is C29H41N3O5S. The molecule has 0 saturated carbocycles. The Kier molecular flexibility index (Phi) is 11.5. The van der Waals surface area contributed by atoms with E-state index in [1.807, 2.05) is 39.0 Å². The normalized spacial score (nSPS) is 12.7. The Morgan fingerprint density at radius 2 is 1.63 bits per heavy atom. The highest BCUT2D eigenvalue weighted by Crippen LogP contribution is 2.30. The van der Waals surface area contributed by atoms with Crippen LogP contribution in [0.15, 0.2) is 42.5 Å².